The van der Waals surface area contributed by atoms with Gasteiger partial charge in [-0.15, -0.1) is 0 Å². The molecule has 2 aromatic carbocycles. The second kappa shape index (κ2) is 11.8. The van der Waals surface area contributed by atoms with Crippen molar-refractivity contribution in [3.05, 3.63) is 59.1 Å². The summed E-state index contributed by atoms with van der Waals surface area (Å²) in [6.07, 6.45) is 4.15. The first-order valence-electron chi connectivity index (χ1n) is 12.3. The van der Waals surface area contributed by atoms with E-state index in [1.165, 1.54) is 0 Å². The molecule has 8 heteroatoms. The molecular formula is C27H33ClN2O5. The molecule has 3 aliphatic rings. The van der Waals surface area contributed by atoms with Crippen molar-refractivity contribution in [2.24, 2.45) is 5.41 Å². The van der Waals surface area contributed by atoms with Gasteiger partial charge in [-0.3, -0.25) is 9.59 Å². The fourth-order valence-electron chi connectivity index (χ4n) is 4.81. The Morgan fingerprint density at radius 3 is 2.49 bits per heavy atom. The lowest BCUT2D eigenvalue weighted by atomic mass is 9.75. The van der Waals surface area contributed by atoms with E-state index in [2.05, 4.69) is 0 Å². The first-order valence-corrected chi connectivity index (χ1v) is 12.7. The van der Waals surface area contributed by atoms with Gasteiger partial charge < -0.3 is 24.4 Å². The van der Waals surface area contributed by atoms with Crippen molar-refractivity contribution in [2.75, 3.05) is 46.0 Å². The van der Waals surface area contributed by atoms with Crippen molar-refractivity contribution in [3.63, 3.8) is 0 Å². The summed E-state index contributed by atoms with van der Waals surface area (Å²) in [4.78, 5) is 29.8. The molecule has 0 saturated carbocycles. The number of benzene rings is 2. The monoisotopic (exact) mass is 500 g/mol. The van der Waals surface area contributed by atoms with Gasteiger partial charge >= 0.3 is 0 Å². The van der Waals surface area contributed by atoms with E-state index >= 15 is 0 Å². The average Bonchev–Trinajstić information content (AvgIpc) is 2.90. The number of aliphatic hydroxyl groups is 1. The largest absolute Gasteiger partial charge is 0.491 e. The van der Waals surface area contributed by atoms with E-state index in [9.17, 15) is 14.7 Å². The number of hydrogen-bond donors (Lipinski definition) is 1. The standard InChI is InChI=1S/C27H33ClN2O5/c28-21-7-9-22(10-8-21)35-19-25(32)29-14-4-3-11-27(20-31)12-15-30(16-13-27)26(33)23-5-1-2-6-24(23)34-18-17-29/h1-2,5-10,31H,3-4,11-20H2. The van der Waals surface area contributed by atoms with Crippen LogP contribution in [0.2, 0.25) is 5.02 Å². The molecule has 188 valence electrons. The number of fused-ring (bicyclic) bond motifs is 9. The molecule has 35 heavy (non-hydrogen) atoms. The highest BCUT2D eigenvalue weighted by molar-refractivity contribution is 6.30. The highest BCUT2D eigenvalue weighted by atomic mass is 35.5. The predicted molar refractivity (Wildman–Crippen MR) is 134 cm³/mol. The van der Waals surface area contributed by atoms with Gasteiger partial charge in [-0.1, -0.05) is 30.2 Å². The van der Waals surface area contributed by atoms with E-state index < -0.39 is 0 Å². The Hall–Kier alpha value is -2.77. The summed E-state index contributed by atoms with van der Waals surface area (Å²) in [5.41, 5.74) is 0.363. The molecule has 5 rings (SSSR count). The first kappa shape index (κ1) is 25.3. The van der Waals surface area contributed by atoms with Gasteiger partial charge in [0.1, 0.15) is 18.1 Å². The van der Waals surface area contributed by atoms with E-state index in [-0.39, 0.29) is 37.0 Å². The molecule has 0 spiro atoms. The summed E-state index contributed by atoms with van der Waals surface area (Å²) < 4.78 is 11.7. The minimum Gasteiger partial charge on any atom is -0.491 e. The minimum atomic E-state index is -0.167. The van der Waals surface area contributed by atoms with E-state index in [4.69, 9.17) is 21.1 Å². The van der Waals surface area contributed by atoms with Crippen molar-refractivity contribution in [3.8, 4) is 11.5 Å². The molecule has 0 unspecified atom stereocenters. The van der Waals surface area contributed by atoms with Crippen LogP contribution in [0.5, 0.6) is 11.5 Å². The topological polar surface area (TPSA) is 79.3 Å². The van der Waals surface area contributed by atoms with Gasteiger partial charge in [0.15, 0.2) is 6.61 Å². The van der Waals surface area contributed by atoms with Crippen molar-refractivity contribution in [2.45, 2.75) is 32.1 Å². The number of carbonyl (C=O) groups excluding carboxylic acids is 2. The highest BCUT2D eigenvalue weighted by Crippen LogP contribution is 2.37. The average molecular weight is 501 g/mol. The van der Waals surface area contributed by atoms with Crippen LogP contribution in [0.1, 0.15) is 42.5 Å². The van der Waals surface area contributed by atoms with Crippen molar-refractivity contribution in [1.82, 2.24) is 9.80 Å². The maximum Gasteiger partial charge on any atom is 0.260 e. The number of aliphatic hydroxyl groups excluding tert-OH is 1. The molecule has 7 nitrogen and oxygen atoms in total. The maximum atomic E-state index is 13.2. The number of hydrogen-bond acceptors (Lipinski definition) is 5. The highest BCUT2D eigenvalue weighted by Gasteiger charge is 2.36. The lowest BCUT2D eigenvalue weighted by molar-refractivity contribution is -0.133. The van der Waals surface area contributed by atoms with Crippen LogP contribution in [0.15, 0.2) is 48.5 Å². The molecule has 2 bridgehead atoms. The molecular weight excluding hydrogens is 468 g/mol. The van der Waals surface area contributed by atoms with Gasteiger partial charge in [0.2, 0.25) is 0 Å². The lowest BCUT2D eigenvalue weighted by Crippen LogP contribution is -2.44. The van der Waals surface area contributed by atoms with Crippen LogP contribution in [-0.2, 0) is 4.79 Å². The minimum absolute atomic E-state index is 0.0497. The predicted octanol–water partition coefficient (Wildman–Crippen LogP) is 4.03. The van der Waals surface area contributed by atoms with E-state index in [0.29, 0.717) is 48.3 Å². The van der Waals surface area contributed by atoms with Crippen LogP contribution in [0.4, 0.5) is 0 Å². The van der Waals surface area contributed by atoms with Gasteiger partial charge in [0.25, 0.3) is 11.8 Å². The normalized spacial score (nSPS) is 18.7. The van der Waals surface area contributed by atoms with Crippen LogP contribution in [0.25, 0.3) is 0 Å². The third kappa shape index (κ3) is 6.47. The number of amides is 2. The van der Waals surface area contributed by atoms with Gasteiger partial charge in [-0.25, -0.2) is 0 Å². The second-order valence-corrected chi connectivity index (χ2v) is 9.81. The Labute approximate surface area is 211 Å². The molecule has 1 saturated heterocycles. The molecule has 3 heterocycles. The first-order chi connectivity index (χ1) is 17.0. The zero-order valence-electron chi connectivity index (χ0n) is 20.0. The number of ether oxygens (including phenoxy) is 2. The summed E-state index contributed by atoms with van der Waals surface area (Å²) in [6, 6.07) is 14.2. The van der Waals surface area contributed by atoms with Gasteiger partial charge in [0, 0.05) is 31.3 Å². The van der Waals surface area contributed by atoms with Crippen molar-refractivity contribution < 1.29 is 24.2 Å². The number of piperidine rings is 1. The zero-order chi connectivity index (χ0) is 24.7. The molecule has 0 aliphatic carbocycles. The van der Waals surface area contributed by atoms with E-state index in [1.807, 2.05) is 17.0 Å². The lowest BCUT2D eigenvalue weighted by Gasteiger charge is -2.41. The Balaban J connectivity index is 1.47. The fraction of sp³-hybridized carbons (Fsp3) is 0.481. The number of para-hydroxylation sites is 1. The van der Waals surface area contributed by atoms with Crippen molar-refractivity contribution in [1.29, 1.82) is 0 Å². The molecule has 0 aromatic heterocycles. The van der Waals surface area contributed by atoms with Crippen LogP contribution in [-0.4, -0.2) is 72.7 Å². The number of halogens is 1. The summed E-state index contributed by atoms with van der Waals surface area (Å²) >= 11 is 5.92. The fourth-order valence-corrected chi connectivity index (χ4v) is 4.93. The van der Waals surface area contributed by atoms with Gasteiger partial charge in [-0.05, 0) is 67.5 Å². The van der Waals surface area contributed by atoms with Crippen LogP contribution < -0.4 is 9.47 Å². The molecule has 2 amide bonds. The van der Waals surface area contributed by atoms with E-state index in [1.54, 1.807) is 41.3 Å². The summed E-state index contributed by atoms with van der Waals surface area (Å²) in [5, 5.41) is 10.8. The van der Waals surface area contributed by atoms with Crippen LogP contribution in [0.3, 0.4) is 0 Å². The number of carbonyl (C=O) groups is 2. The quantitative estimate of drug-likeness (QED) is 0.685. The number of nitrogens with zero attached hydrogens (tertiary/aromatic N) is 2. The molecule has 1 fully saturated rings. The summed E-state index contributed by atoms with van der Waals surface area (Å²) in [6.45, 7) is 2.54. The Morgan fingerprint density at radius 2 is 1.74 bits per heavy atom. The van der Waals surface area contributed by atoms with Gasteiger partial charge in [0.05, 0.1) is 12.1 Å². The summed E-state index contributed by atoms with van der Waals surface area (Å²) in [5.74, 6) is 0.934. The van der Waals surface area contributed by atoms with Gasteiger partial charge in [-0.2, -0.15) is 0 Å². The molecule has 3 aliphatic heterocycles. The zero-order valence-corrected chi connectivity index (χ0v) is 20.7. The molecule has 0 radical (unpaired) electrons. The van der Waals surface area contributed by atoms with Crippen molar-refractivity contribution >= 4 is 23.4 Å². The third-order valence-electron chi connectivity index (χ3n) is 7.10. The Kier molecular flexibility index (Phi) is 8.52. The van der Waals surface area contributed by atoms with E-state index in [0.717, 1.165) is 32.1 Å². The van der Waals surface area contributed by atoms with Crippen LogP contribution >= 0.6 is 11.6 Å². The maximum absolute atomic E-state index is 13.2. The SMILES string of the molecule is O=C(COc1ccc(Cl)cc1)N1CCCCC2(CO)CCN(CC2)C(=O)c2ccccc2OCC1. The Morgan fingerprint density at radius 1 is 1.00 bits per heavy atom. The third-order valence-corrected chi connectivity index (χ3v) is 7.35. The molecule has 0 atom stereocenters. The number of rotatable bonds is 4. The van der Waals surface area contributed by atoms with Crippen LogP contribution in [0, 0.1) is 5.41 Å². The molecule has 1 N–H and O–H groups in total. The second-order valence-electron chi connectivity index (χ2n) is 9.38. The Bertz CT molecular complexity index is 1000. The smallest absolute Gasteiger partial charge is 0.260 e. The summed E-state index contributed by atoms with van der Waals surface area (Å²) in [7, 11) is 0. The molecule has 2 aromatic rings.